The maximum atomic E-state index is 12.7. The van der Waals surface area contributed by atoms with E-state index in [1.54, 1.807) is 0 Å². The summed E-state index contributed by atoms with van der Waals surface area (Å²) >= 11 is 0. The molecule has 0 spiro atoms. The monoisotopic (exact) mass is 841 g/mol. The summed E-state index contributed by atoms with van der Waals surface area (Å²) in [5, 5.41) is 0. The number of unbranched alkanes of at least 4 members (excludes halogenated alkanes) is 10. The summed E-state index contributed by atoms with van der Waals surface area (Å²) in [5.41, 5.74) is 0. The molecule has 0 fully saturated rings. The van der Waals surface area contributed by atoms with E-state index in [0.717, 1.165) is 109 Å². The molecule has 0 heterocycles. The molecule has 61 heavy (non-hydrogen) atoms. The third-order valence-electron chi connectivity index (χ3n) is 9.23. The van der Waals surface area contributed by atoms with Crippen molar-refractivity contribution in [2.24, 2.45) is 0 Å². The predicted molar refractivity (Wildman–Crippen MR) is 260 cm³/mol. The van der Waals surface area contributed by atoms with Gasteiger partial charge in [0.05, 0.1) is 0 Å². The van der Waals surface area contributed by atoms with Gasteiger partial charge in [-0.3, -0.25) is 14.4 Å². The first-order valence-electron chi connectivity index (χ1n) is 23.7. The lowest BCUT2D eigenvalue weighted by Gasteiger charge is -2.18. The van der Waals surface area contributed by atoms with Crippen molar-refractivity contribution in [1.82, 2.24) is 0 Å². The van der Waals surface area contributed by atoms with Crippen LogP contribution in [0.5, 0.6) is 0 Å². The van der Waals surface area contributed by atoms with Crippen molar-refractivity contribution >= 4 is 17.9 Å². The molecule has 0 rings (SSSR count). The summed E-state index contributed by atoms with van der Waals surface area (Å²) in [5.74, 6) is -1.05. The molecular weight excluding hydrogens is 757 g/mol. The minimum absolute atomic E-state index is 0.123. The predicted octanol–water partition coefficient (Wildman–Crippen LogP) is 15.5. The molecule has 0 saturated carbocycles. The molecule has 0 saturated heterocycles. The van der Waals surface area contributed by atoms with Gasteiger partial charge < -0.3 is 14.2 Å². The molecule has 0 aromatic rings. The Labute approximate surface area is 373 Å². The summed E-state index contributed by atoms with van der Waals surface area (Å²) in [6, 6.07) is 0. The quantitative estimate of drug-likeness (QED) is 0.0201. The van der Waals surface area contributed by atoms with Gasteiger partial charge in [0.1, 0.15) is 13.2 Å². The topological polar surface area (TPSA) is 78.9 Å². The fourth-order valence-corrected chi connectivity index (χ4v) is 5.76. The molecule has 0 aliphatic rings. The number of hydrogen-bond donors (Lipinski definition) is 0. The summed E-state index contributed by atoms with van der Waals surface area (Å²) in [6.07, 6.45) is 67.3. The van der Waals surface area contributed by atoms with Gasteiger partial charge in [-0.25, -0.2) is 0 Å². The molecule has 0 amide bonds. The van der Waals surface area contributed by atoms with Gasteiger partial charge in [0.15, 0.2) is 6.10 Å². The maximum absolute atomic E-state index is 12.7. The molecule has 0 N–H and O–H groups in total. The van der Waals surface area contributed by atoms with E-state index in [9.17, 15) is 14.4 Å². The van der Waals surface area contributed by atoms with Crippen LogP contribution in [0.1, 0.15) is 175 Å². The molecular formula is C55H84O6. The first kappa shape index (κ1) is 56.5. The second kappa shape index (κ2) is 48.2. The zero-order valence-corrected chi connectivity index (χ0v) is 38.6. The van der Waals surface area contributed by atoms with Gasteiger partial charge in [0, 0.05) is 19.3 Å². The van der Waals surface area contributed by atoms with E-state index in [1.165, 1.54) is 12.8 Å². The van der Waals surface area contributed by atoms with E-state index in [4.69, 9.17) is 14.2 Å². The van der Waals surface area contributed by atoms with Gasteiger partial charge in [-0.2, -0.15) is 0 Å². The highest BCUT2D eigenvalue weighted by Crippen LogP contribution is 2.12. The number of rotatable bonds is 40. The average molecular weight is 841 g/mol. The van der Waals surface area contributed by atoms with Gasteiger partial charge in [-0.1, -0.05) is 187 Å². The largest absolute Gasteiger partial charge is 0.462 e. The highest BCUT2D eigenvalue weighted by Gasteiger charge is 2.19. The molecule has 0 bridgehead atoms. The molecule has 6 heteroatoms. The molecule has 0 aromatic heterocycles. The van der Waals surface area contributed by atoms with Crippen LogP contribution in [0.15, 0.2) is 134 Å². The SMILES string of the molecule is CC\C=C/C=C\C=C/C=C\CCCCCC(=O)OC(COC(=O)CCC/C=C\C/C=C\C/C=C\CC)COC(=O)CCCCCCCC/C=C\C/C=C\C/C=C\C/C=C\CC. The Morgan fingerprint density at radius 1 is 0.344 bits per heavy atom. The van der Waals surface area contributed by atoms with E-state index in [1.807, 2.05) is 36.5 Å². The lowest BCUT2D eigenvalue weighted by molar-refractivity contribution is -0.167. The molecule has 0 aromatic carbocycles. The van der Waals surface area contributed by atoms with E-state index < -0.39 is 6.10 Å². The Morgan fingerprint density at radius 3 is 1.20 bits per heavy atom. The first-order chi connectivity index (χ1) is 30.0. The third kappa shape index (κ3) is 46.5. The fraction of sp³-hybridized carbons (Fsp3) is 0.545. The molecule has 6 nitrogen and oxygen atoms in total. The number of allylic oxidation sites excluding steroid dienone is 22. The van der Waals surface area contributed by atoms with Crippen molar-refractivity contribution in [3.05, 3.63) is 134 Å². The Balaban J connectivity index is 4.51. The number of carbonyl (C=O) groups excluding carboxylic acids is 3. The minimum atomic E-state index is -0.828. The summed E-state index contributed by atoms with van der Waals surface area (Å²) in [4.78, 5) is 37.8. The maximum Gasteiger partial charge on any atom is 0.306 e. The van der Waals surface area contributed by atoms with Crippen molar-refractivity contribution in [3.63, 3.8) is 0 Å². The Kier molecular flexibility index (Phi) is 44.7. The van der Waals surface area contributed by atoms with Crippen LogP contribution in [-0.2, 0) is 28.6 Å². The molecule has 0 aliphatic heterocycles. The highest BCUT2D eigenvalue weighted by molar-refractivity contribution is 5.71. The van der Waals surface area contributed by atoms with Gasteiger partial charge in [0.2, 0.25) is 0 Å². The summed E-state index contributed by atoms with van der Waals surface area (Å²) in [7, 11) is 0. The summed E-state index contributed by atoms with van der Waals surface area (Å²) in [6.45, 7) is 6.13. The van der Waals surface area contributed by atoms with Crippen LogP contribution < -0.4 is 0 Å². The second-order valence-electron chi connectivity index (χ2n) is 15.0. The second-order valence-corrected chi connectivity index (χ2v) is 15.0. The molecule has 1 unspecified atom stereocenters. The minimum Gasteiger partial charge on any atom is -0.462 e. The van der Waals surface area contributed by atoms with Crippen LogP contribution in [-0.4, -0.2) is 37.2 Å². The van der Waals surface area contributed by atoms with Crippen LogP contribution in [0.2, 0.25) is 0 Å². The molecule has 0 aliphatic carbocycles. The van der Waals surface area contributed by atoms with Crippen LogP contribution in [0.4, 0.5) is 0 Å². The Morgan fingerprint density at radius 2 is 0.689 bits per heavy atom. The lowest BCUT2D eigenvalue weighted by Crippen LogP contribution is -2.30. The van der Waals surface area contributed by atoms with Crippen molar-refractivity contribution in [1.29, 1.82) is 0 Å². The number of ether oxygens (including phenoxy) is 3. The molecule has 1 atom stereocenters. The standard InChI is InChI=1S/C55H84O6/c1-4-7-10-13-16-19-22-24-25-26-27-28-29-31-33-36-39-42-45-48-54(57)60-51-52(50-59-53(56)47-44-41-38-35-32-21-18-15-12-9-6-3)61-55(58)49-46-43-40-37-34-30-23-20-17-14-11-8-5-2/h7-12,14,16-21,23-25,27-28,30,34-35,38,52H,4-6,13,15,22,26,29,31-33,36-37,39-51H2,1-3H3/b10-7-,11-8-,12-9-,17-14-,19-16-,21-18-,23-20-,25-24-,28-27-,34-30-,38-35-. The van der Waals surface area contributed by atoms with Gasteiger partial charge in [-0.05, 0) is 103 Å². The zero-order valence-electron chi connectivity index (χ0n) is 38.6. The summed E-state index contributed by atoms with van der Waals surface area (Å²) < 4.78 is 16.6. The van der Waals surface area contributed by atoms with E-state index in [0.29, 0.717) is 19.3 Å². The third-order valence-corrected chi connectivity index (χ3v) is 9.23. The van der Waals surface area contributed by atoms with Crippen LogP contribution in [0.3, 0.4) is 0 Å². The molecule has 0 radical (unpaired) electrons. The number of esters is 3. The van der Waals surface area contributed by atoms with E-state index in [2.05, 4.69) is 118 Å². The van der Waals surface area contributed by atoms with Gasteiger partial charge in [-0.15, -0.1) is 0 Å². The lowest BCUT2D eigenvalue weighted by atomic mass is 10.1. The van der Waals surface area contributed by atoms with Crippen molar-refractivity contribution in [2.75, 3.05) is 13.2 Å². The van der Waals surface area contributed by atoms with E-state index >= 15 is 0 Å². The van der Waals surface area contributed by atoms with Gasteiger partial charge >= 0.3 is 17.9 Å². The highest BCUT2D eigenvalue weighted by atomic mass is 16.6. The van der Waals surface area contributed by atoms with E-state index in [-0.39, 0.29) is 44.0 Å². The first-order valence-corrected chi connectivity index (χ1v) is 23.7. The normalized spacial score (nSPS) is 13.3. The van der Waals surface area contributed by atoms with Crippen molar-refractivity contribution in [2.45, 2.75) is 181 Å². The molecule has 340 valence electrons. The fourth-order valence-electron chi connectivity index (χ4n) is 5.76. The Hall–Kier alpha value is -4.45. The zero-order chi connectivity index (χ0) is 44.4. The van der Waals surface area contributed by atoms with Crippen molar-refractivity contribution in [3.8, 4) is 0 Å². The average Bonchev–Trinajstić information content (AvgIpc) is 3.26. The van der Waals surface area contributed by atoms with Crippen LogP contribution in [0, 0.1) is 0 Å². The van der Waals surface area contributed by atoms with Crippen molar-refractivity contribution < 1.29 is 28.6 Å². The van der Waals surface area contributed by atoms with Crippen LogP contribution >= 0.6 is 0 Å². The number of hydrogen-bond acceptors (Lipinski definition) is 6. The Bertz CT molecular complexity index is 1380. The van der Waals surface area contributed by atoms with Gasteiger partial charge in [0.25, 0.3) is 0 Å². The van der Waals surface area contributed by atoms with Crippen LogP contribution in [0.25, 0.3) is 0 Å². The number of carbonyl (C=O) groups is 3. The smallest absolute Gasteiger partial charge is 0.306 e.